The monoisotopic (exact) mass is 431 g/mol. The van der Waals surface area contributed by atoms with E-state index in [4.69, 9.17) is 23.4 Å². The zero-order valence-corrected chi connectivity index (χ0v) is 17.8. The third kappa shape index (κ3) is 3.13. The molecule has 4 heterocycles. The Kier molecular flexibility index (Phi) is 4.26. The highest BCUT2D eigenvalue weighted by Gasteiger charge is 2.34. The number of hydrogen-bond acceptors (Lipinski definition) is 7. The number of aryl methyl sites for hydroxylation is 1. The van der Waals surface area contributed by atoms with Gasteiger partial charge in [-0.1, -0.05) is 6.07 Å². The Morgan fingerprint density at radius 2 is 1.88 bits per heavy atom. The molecule has 7 heteroatoms. The fourth-order valence-electron chi connectivity index (χ4n) is 4.36. The van der Waals surface area contributed by atoms with Crippen LogP contribution in [0.5, 0.6) is 23.0 Å². The van der Waals surface area contributed by atoms with Crippen molar-refractivity contribution < 1.29 is 28.2 Å². The Balaban J connectivity index is 1.26. The summed E-state index contributed by atoms with van der Waals surface area (Å²) in [7, 11) is 0. The lowest BCUT2D eigenvalue weighted by Crippen LogP contribution is -2.32. The molecule has 0 atom stereocenters. The van der Waals surface area contributed by atoms with Gasteiger partial charge < -0.3 is 23.4 Å². The lowest BCUT2D eigenvalue weighted by atomic mass is 10.00. The first-order valence-electron chi connectivity index (χ1n) is 10.5. The van der Waals surface area contributed by atoms with Crippen LogP contribution in [0, 0.1) is 13.8 Å². The molecule has 0 amide bonds. The second-order valence-corrected chi connectivity index (χ2v) is 8.20. The first-order chi connectivity index (χ1) is 15.5. The maximum Gasteiger partial charge on any atom is 0.232 e. The quantitative estimate of drug-likeness (QED) is 0.562. The summed E-state index contributed by atoms with van der Waals surface area (Å²) in [4.78, 5) is 15.2. The lowest BCUT2D eigenvalue weighted by molar-refractivity contribution is 0.0876. The molecule has 2 aromatic carbocycles. The number of carbonyl (C=O) groups excluding carboxylic acids is 1. The van der Waals surface area contributed by atoms with Gasteiger partial charge in [0.1, 0.15) is 29.8 Å². The van der Waals surface area contributed by atoms with Crippen LogP contribution < -0.4 is 18.9 Å². The Bertz CT molecular complexity index is 1290. The van der Waals surface area contributed by atoms with Crippen molar-refractivity contribution in [3.63, 3.8) is 0 Å². The molecule has 1 aromatic heterocycles. The van der Waals surface area contributed by atoms with E-state index in [0.717, 1.165) is 39.7 Å². The second-order valence-electron chi connectivity index (χ2n) is 8.20. The first-order valence-corrected chi connectivity index (χ1v) is 10.5. The summed E-state index contributed by atoms with van der Waals surface area (Å²) < 4.78 is 28.5. The molecular weight excluding hydrogens is 410 g/mol. The van der Waals surface area contributed by atoms with Crippen molar-refractivity contribution in [1.29, 1.82) is 0 Å². The van der Waals surface area contributed by atoms with E-state index in [2.05, 4.69) is 4.90 Å². The van der Waals surface area contributed by atoms with Crippen molar-refractivity contribution in [2.45, 2.75) is 26.9 Å². The number of hydrogen-bond donors (Lipinski definition) is 0. The molecule has 0 spiro atoms. The van der Waals surface area contributed by atoms with Gasteiger partial charge in [-0.2, -0.15) is 0 Å². The zero-order chi connectivity index (χ0) is 21.8. The van der Waals surface area contributed by atoms with E-state index < -0.39 is 0 Å². The predicted octanol–water partition coefficient (Wildman–Crippen LogP) is 4.59. The van der Waals surface area contributed by atoms with Gasteiger partial charge in [0.05, 0.1) is 5.56 Å². The number of Topliss-reactive ketones (excluding diaryl/α,β-unsaturated/α-hetero) is 1. The van der Waals surface area contributed by atoms with E-state index >= 15 is 0 Å². The number of ketones is 1. The zero-order valence-electron chi connectivity index (χ0n) is 17.8. The van der Waals surface area contributed by atoms with Crippen molar-refractivity contribution in [3.8, 4) is 23.0 Å². The van der Waals surface area contributed by atoms with Crippen molar-refractivity contribution in [2.75, 3.05) is 13.5 Å². The van der Waals surface area contributed by atoms with Gasteiger partial charge in [0.15, 0.2) is 17.3 Å². The average Bonchev–Trinajstić information content (AvgIpc) is 3.49. The fourth-order valence-corrected chi connectivity index (χ4v) is 4.36. The van der Waals surface area contributed by atoms with Gasteiger partial charge >= 0.3 is 0 Å². The fraction of sp³-hybridized carbons (Fsp3) is 0.240. The van der Waals surface area contributed by atoms with Crippen LogP contribution in [0.1, 0.15) is 38.6 Å². The number of carbonyl (C=O) groups is 1. The molecule has 0 unspecified atom stereocenters. The molecular formula is C25H21NO6. The predicted molar refractivity (Wildman–Crippen MR) is 115 cm³/mol. The summed E-state index contributed by atoms with van der Waals surface area (Å²) >= 11 is 0. The smallest absolute Gasteiger partial charge is 0.232 e. The molecule has 3 aliphatic heterocycles. The van der Waals surface area contributed by atoms with E-state index in [-0.39, 0.29) is 18.3 Å². The summed E-state index contributed by atoms with van der Waals surface area (Å²) in [5.74, 6) is 4.37. The van der Waals surface area contributed by atoms with Crippen LogP contribution in [-0.2, 0) is 13.1 Å². The molecule has 32 heavy (non-hydrogen) atoms. The Labute approximate surface area is 184 Å². The molecule has 0 fully saturated rings. The molecule has 162 valence electrons. The molecule has 0 saturated heterocycles. The molecule has 0 saturated carbocycles. The van der Waals surface area contributed by atoms with Crippen LogP contribution in [-0.4, -0.2) is 24.2 Å². The van der Waals surface area contributed by atoms with Crippen LogP contribution in [0.4, 0.5) is 0 Å². The molecule has 6 rings (SSSR count). The Morgan fingerprint density at radius 1 is 1.00 bits per heavy atom. The third-order valence-electron chi connectivity index (χ3n) is 5.88. The van der Waals surface area contributed by atoms with Gasteiger partial charge in [0.25, 0.3) is 0 Å². The number of furan rings is 1. The number of fused-ring (bicyclic) bond motifs is 3. The summed E-state index contributed by atoms with van der Waals surface area (Å²) in [5, 5.41) is 0. The Hall–Kier alpha value is -3.71. The highest BCUT2D eigenvalue weighted by molar-refractivity contribution is 6.15. The average molecular weight is 431 g/mol. The molecule has 0 N–H and O–H groups in total. The van der Waals surface area contributed by atoms with Crippen LogP contribution in [0.25, 0.3) is 6.08 Å². The van der Waals surface area contributed by atoms with Gasteiger partial charge in [-0.05, 0) is 49.7 Å². The summed E-state index contributed by atoms with van der Waals surface area (Å²) in [6.45, 7) is 5.86. The van der Waals surface area contributed by atoms with Crippen LogP contribution in [0.2, 0.25) is 0 Å². The molecule has 0 bridgehead atoms. The Morgan fingerprint density at radius 3 is 2.72 bits per heavy atom. The van der Waals surface area contributed by atoms with Gasteiger partial charge in [0, 0.05) is 30.3 Å². The van der Waals surface area contributed by atoms with Gasteiger partial charge in [0.2, 0.25) is 12.6 Å². The minimum absolute atomic E-state index is 0.146. The lowest BCUT2D eigenvalue weighted by Gasteiger charge is -2.30. The highest BCUT2D eigenvalue weighted by atomic mass is 16.7. The molecule has 0 radical (unpaired) electrons. The van der Waals surface area contributed by atoms with E-state index in [1.54, 1.807) is 6.08 Å². The molecule has 0 aliphatic carbocycles. The van der Waals surface area contributed by atoms with Crippen LogP contribution in [0.15, 0.2) is 46.6 Å². The molecule has 3 aliphatic rings. The van der Waals surface area contributed by atoms with Crippen molar-refractivity contribution >= 4 is 11.9 Å². The summed E-state index contributed by atoms with van der Waals surface area (Å²) in [6.07, 6.45) is 1.64. The minimum atomic E-state index is -0.146. The topological polar surface area (TPSA) is 70.4 Å². The van der Waals surface area contributed by atoms with Crippen LogP contribution >= 0.6 is 0 Å². The van der Waals surface area contributed by atoms with E-state index in [0.29, 0.717) is 36.9 Å². The SMILES string of the molecule is Cc1ccc(/C=C2\Oc3c(cc4c(c3C)OCN(Cc3ccc5c(c3)OCO5)C4)C2=O)o1. The van der Waals surface area contributed by atoms with Crippen molar-refractivity contribution in [2.24, 2.45) is 0 Å². The van der Waals surface area contributed by atoms with Gasteiger partial charge in [-0.3, -0.25) is 9.69 Å². The number of allylic oxidation sites excluding steroid dienone is 1. The number of benzene rings is 2. The molecule has 7 nitrogen and oxygen atoms in total. The summed E-state index contributed by atoms with van der Waals surface area (Å²) in [6, 6.07) is 11.5. The molecule has 3 aromatic rings. The van der Waals surface area contributed by atoms with Gasteiger partial charge in [-0.15, -0.1) is 0 Å². The van der Waals surface area contributed by atoms with Crippen molar-refractivity contribution in [3.05, 3.63) is 75.9 Å². The number of nitrogens with zero attached hydrogens (tertiary/aromatic N) is 1. The normalized spacial score (nSPS) is 17.8. The maximum atomic E-state index is 13.0. The number of ether oxygens (including phenoxy) is 4. The van der Waals surface area contributed by atoms with Crippen molar-refractivity contribution in [1.82, 2.24) is 4.90 Å². The largest absolute Gasteiger partial charge is 0.477 e. The van der Waals surface area contributed by atoms with E-state index in [9.17, 15) is 4.79 Å². The minimum Gasteiger partial charge on any atom is -0.477 e. The maximum absolute atomic E-state index is 13.0. The van der Waals surface area contributed by atoms with Crippen LogP contribution in [0.3, 0.4) is 0 Å². The third-order valence-corrected chi connectivity index (χ3v) is 5.88. The highest BCUT2D eigenvalue weighted by Crippen LogP contribution is 2.43. The van der Waals surface area contributed by atoms with Gasteiger partial charge in [-0.25, -0.2) is 0 Å². The standard InChI is InChI=1S/C25H21NO6/c1-14-3-5-18(31-14)9-22-23(27)19-8-17-11-26(12-28-24(17)15(2)25(19)32-22)10-16-4-6-20-21(7-16)30-13-29-20/h3-9H,10-13H2,1-2H3/b22-9-. The second kappa shape index (κ2) is 7.17. The first kappa shape index (κ1) is 19.0. The van der Waals surface area contributed by atoms with E-state index in [1.807, 2.05) is 50.2 Å². The van der Waals surface area contributed by atoms with E-state index in [1.165, 1.54) is 0 Å². The number of rotatable bonds is 3. The summed E-state index contributed by atoms with van der Waals surface area (Å²) in [5.41, 5.74) is 3.48.